The minimum absolute atomic E-state index is 0.00709. The lowest BCUT2D eigenvalue weighted by Crippen LogP contribution is -2.58. The second-order valence-corrected chi connectivity index (χ2v) is 15.2. The largest absolute Gasteiger partial charge is 0.446 e. The fraction of sp³-hybridized carbons (Fsp3) is 0.658. The number of allylic oxidation sites excluding steroid dienone is 1. The van der Waals surface area contributed by atoms with Crippen LogP contribution in [0.1, 0.15) is 94.6 Å². The smallest absolute Gasteiger partial charge is 0.410 e. The minimum atomic E-state index is -1.09. The molecule has 50 heavy (non-hydrogen) atoms. The molecule has 3 N–H and O–H groups in total. The number of carbonyl (C=O) groups is 5. The van der Waals surface area contributed by atoms with Gasteiger partial charge in [-0.15, -0.1) is 0 Å². The number of nitrogens with zero attached hydrogens (tertiary/aromatic N) is 2. The lowest BCUT2D eigenvalue weighted by atomic mass is 10.0. The van der Waals surface area contributed by atoms with Crippen LogP contribution < -0.4 is 16.0 Å². The number of rotatable bonds is 6. The number of ether oxygens (including phenoxy) is 2. The van der Waals surface area contributed by atoms with Gasteiger partial charge in [-0.1, -0.05) is 49.3 Å². The van der Waals surface area contributed by atoms with Crippen LogP contribution in [0.15, 0.2) is 36.4 Å². The Bertz CT molecular complexity index is 1490. The first-order chi connectivity index (χ1) is 24.3. The molecule has 3 aliphatic carbocycles. The third-order valence-electron chi connectivity index (χ3n) is 11.4. The predicted molar refractivity (Wildman–Crippen MR) is 184 cm³/mol. The van der Waals surface area contributed by atoms with Crippen molar-refractivity contribution in [3.63, 3.8) is 0 Å². The van der Waals surface area contributed by atoms with Gasteiger partial charge in [0.2, 0.25) is 17.7 Å². The van der Waals surface area contributed by atoms with E-state index in [2.05, 4.69) is 28.1 Å². The Hall–Kier alpha value is -4.09. The number of alkyl carbamates (subject to hydrolysis) is 1. The highest BCUT2D eigenvalue weighted by Crippen LogP contribution is 2.46. The third-order valence-corrected chi connectivity index (χ3v) is 11.4. The maximum Gasteiger partial charge on any atom is 0.410 e. The summed E-state index contributed by atoms with van der Waals surface area (Å²) in [5, 5.41) is 8.96. The molecular weight excluding hydrogens is 638 g/mol. The van der Waals surface area contributed by atoms with Gasteiger partial charge >= 0.3 is 12.2 Å². The van der Waals surface area contributed by atoms with E-state index in [1.807, 2.05) is 24.3 Å². The van der Waals surface area contributed by atoms with Crippen LogP contribution in [-0.4, -0.2) is 89.2 Å². The third kappa shape index (κ3) is 7.94. The number of benzene rings is 1. The molecule has 1 saturated heterocycles. The second kappa shape index (κ2) is 15.0. The van der Waals surface area contributed by atoms with E-state index in [1.165, 1.54) is 10.5 Å². The number of hydrogen-bond acceptors (Lipinski definition) is 7. The van der Waals surface area contributed by atoms with Crippen LogP contribution in [0.2, 0.25) is 0 Å². The van der Waals surface area contributed by atoms with E-state index < -0.39 is 47.7 Å². The Morgan fingerprint density at radius 3 is 2.50 bits per heavy atom. The van der Waals surface area contributed by atoms with E-state index in [-0.39, 0.29) is 30.9 Å². The van der Waals surface area contributed by atoms with Crippen molar-refractivity contribution in [3.8, 4) is 0 Å². The fourth-order valence-corrected chi connectivity index (χ4v) is 8.08. The normalized spacial score (nSPS) is 30.8. The SMILES string of the molecule is O=C(N[C@H]1CCCCC/C=C\[C@@H]2C[C@@]2(C(=O)NCC2CC2)NC(=O)[C@@H]2C[C@@H](OC(=O)N3CCc4ccccc4C3)CN2C1=O)OC1CCCC1. The highest BCUT2D eigenvalue weighted by molar-refractivity contribution is 5.98. The van der Waals surface area contributed by atoms with E-state index in [9.17, 15) is 24.0 Å². The van der Waals surface area contributed by atoms with Gasteiger partial charge in [-0.2, -0.15) is 0 Å². The number of amides is 5. The van der Waals surface area contributed by atoms with E-state index in [0.29, 0.717) is 44.8 Å². The molecule has 0 bridgehead atoms. The van der Waals surface area contributed by atoms with Crippen molar-refractivity contribution >= 4 is 29.9 Å². The Morgan fingerprint density at radius 2 is 1.70 bits per heavy atom. The molecule has 6 aliphatic rings. The molecule has 5 atom stereocenters. The van der Waals surface area contributed by atoms with Gasteiger partial charge in [-0.3, -0.25) is 14.4 Å². The lowest BCUT2D eigenvalue weighted by Gasteiger charge is -2.30. The molecule has 4 fully saturated rings. The number of nitrogens with one attached hydrogen (secondary N) is 3. The van der Waals surface area contributed by atoms with Gasteiger partial charge in [0.05, 0.1) is 6.54 Å². The molecule has 0 radical (unpaired) electrons. The van der Waals surface area contributed by atoms with Gasteiger partial charge < -0.3 is 35.2 Å². The van der Waals surface area contributed by atoms with Gasteiger partial charge in [-0.25, -0.2) is 9.59 Å². The minimum Gasteiger partial charge on any atom is -0.446 e. The molecule has 3 aliphatic heterocycles. The van der Waals surface area contributed by atoms with Crippen molar-refractivity contribution < 1.29 is 33.4 Å². The van der Waals surface area contributed by atoms with Gasteiger partial charge in [0.15, 0.2) is 0 Å². The van der Waals surface area contributed by atoms with Crippen LogP contribution in [0.4, 0.5) is 9.59 Å². The zero-order valence-corrected chi connectivity index (χ0v) is 28.9. The Balaban J connectivity index is 1.10. The van der Waals surface area contributed by atoms with Gasteiger partial charge in [-0.05, 0) is 87.7 Å². The van der Waals surface area contributed by atoms with Crippen LogP contribution >= 0.6 is 0 Å². The molecule has 7 rings (SSSR count). The molecule has 3 saturated carbocycles. The molecular formula is C38H51N5O7. The zero-order valence-electron chi connectivity index (χ0n) is 28.9. The van der Waals surface area contributed by atoms with E-state index in [0.717, 1.165) is 69.8 Å². The lowest BCUT2D eigenvalue weighted by molar-refractivity contribution is -0.141. The van der Waals surface area contributed by atoms with Crippen molar-refractivity contribution in [1.82, 2.24) is 25.8 Å². The first-order valence-electron chi connectivity index (χ1n) is 18.9. The van der Waals surface area contributed by atoms with Crippen LogP contribution in [-0.2, 0) is 36.8 Å². The highest BCUT2D eigenvalue weighted by atomic mass is 16.6. The van der Waals surface area contributed by atoms with Crippen LogP contribution in [0.25, 0.3) is 0 Å². The number of carbonyl (C=O) groups excluding carboxylic acids is 5. The Morgan fingerprint density at radius 1 is 0.920 bits per heavy atom. The van der Waals surface area contributed by atoms with Crippen LogP contribution in [0.5, 0.6) is 0 Å². The summed E-state index contributed by atoms with van der Waals surface area (Å²) in [4.78, 5) is 71.8. The molecule has 12 heteroatoms. The van der Waals surface area contributed by atoms with E-state index >= 15 is 0 Å². The number of fused-ring (bicyclic) bond motifs is 3. The summed E-state index contributed by atoms with van der Waals surface area (Å²) in [5.41, 5.74) is 1.19. The summed E-state index contributed by atoms with van der Waals surface area (Å²) in [6.45, 7) is 1.53. The topological polar surface area (TPSA) is 146 Å². The monoisotopic (exact) mass is 689 g/mol. The standard InChI is InChI=1S/C38H51N5O7/c44-33-32-20-30(50-37(48)42-19-18-26-10-6-7-11-27(26)23-42)24-43(32)34(45)31(40-36(47)49-29-13-8-9-14-29)15-5-3-1-2-4-12-28-21-38(28,41-33)35(46)39-22-25-16-17-25/h4,6-7,10-12,25,28-32H,1-3,5,8-9,13-24H2,(H,39,46)(H,40,47)(H,41,44)/b12-4-/t28-,30-,31+,32+,38-/m1/s1. The van der Waals surface area contributed by atoms with Crippen molar-refractivity contribution in [1.29, 1.82) is 0 Å². The molecule has 12 nitrogen and oxygen atoms in total. The van der Waals surface area contributed by atoms with Crippen LogP contribution in [0, 0.1) is 11.8 Å². The summed E-state index contributed by atoms with van der Waals surface area (Å²) < 4.78 is 11.7. The van der Waals surface area contributed by atoms with Gasteiger partial charge in [0.1, 0.15) is 29.8 Å². The van der Waals surface area contributed by atoms with Gasteiger partial charge in [0.25, 0.3) is 0 Å². The Kier molecular flexibility index (Phi) is 10.3. The first-order valence-corrected chi connectivity index (χ1v) is 18.9. The van der Waals surface area contributed by atoms with Crippen molar-refractivity contribution in [2.75, 3.05) is 19.6 Å². The summed E-state index contributed by atoms with van der Waals surface area (Å²) >= 11 is 0. The van der Waals surface area contributed by atoms with Gasteiger partial charge in [0, 0.05) is 32.0 Å². The Labute approximate surface area is 294 Å². The van der Waals surface area contributed by atoms with Crippen molar-refractivity contribution in [2.24, 2.45) is 11.8 Å². The maximum absolute atomic E-state index is 14.4. The maximum atomic E-state index is 14.4. The quantitative estimate of drug-likeness (QED) is 0.381. The molecule has 0 spiro atoms. The molecule has 270 valence electrons. The second-order valence-electron chi connectivity index (χ2n) is 15.2. The summed E-state index contributed by atoms with van der Waals surface area (Å²) in [6, 6.07) is 6.13. The summed E-state index contributed by atoms with van der Waals surface area (Å²) in [6.07, 6.45) is 12.9. The van der Waals surface area contributed by atoms with Crippen molar-refractivity contribution in [3.05, 3.63) is 47.5 Å². The average molecular weight is 690 g/mol. The van der Waals surface area contributed by atoms with E-state index in [4.69, 9.17) is 9.47 Å². The molecule has 0 aromatic heterocycles. The molecule has 1 aromatic carbocycles. The zero-order chi connectivity index (χ0) is 34.7. The fourth-order valence-electron chi connectivity index (χ4n) is 8.08. The molecule has 3 heterocycles. The van der Waals surface area contributed by atoms with E-state index in [1.54, 1.807) is 4.90 Å². The van der Waals surface area contributed by atoms with Crippen LogP contribution in [0.3, 0.4) is 0 Å². The summed E-state index contributed by atoms with van der Waals surface area (Å²) in [7, 11) is 0. The summed E-state index contributed by atoms with van der Waals surface area (Å²) in [5.74, 6) is -0.723. The average Bonchev–Trinajstić information content (AvgIpc) is 3.96. The predicted octanol–water partition coefficient (Wildman–Crippen LogP) is 4.11. The molecule has 1 aromatic rings. The molecule has 5 amide bonds. The first kappa shape index (κ1) is 34.4. The van der Waals surface area contributed by atoms with Crippen molar-refractivity contribution in [2.45, 2.75) is 126 Å². The highest BCUT2D eigenvalue weighted by Gasteiger charge is 2.61. The molecule has 0 unspecified atom stereocenters. The number of hydrogen-bond donors (Lipinski definition) is 3.